The highest BCUT2D eigenvalue weighted by molar-refractivity contribution is 5.85. The Kier molecular flexibility index (Phi) is 9.49. The molecule has 0 radical (unpaired) electrons. The normalized spacial score (nSPS) is 16.4. The molecule has 0 aromatic heterocycles. The van der Waals surface area contributed by atoms with E-state index >= 15 is 0 Å². The summed E-state index contributed by atoms with van der Waals surface area (Å²) in [4.78, 5) is 0. The van der Waals surface area contributed by atoms with Crippen molar-refractivity contribution >= 4 is 12.4 Å². The molecule has 0 bridgehead atoms. The van der Waals surface area contributed by atoms with E-state index in [0.29, 0.717) is 24.7 Å². The molecular formula is C25H33ClN2O4. The number of methoxy groups -OCH3 is 2. The molecule has 2 aromatic rings. The molecule has 2 aromatic carbocycles. The van der Waals surface area contributed by atoms with Gasteiger partial charge >= 0.3 is 0 Å². The van der Waals surface area contributed by atoms with Gasteiger partial charge < -0.3 is 24.3 Å². The zero-order valence-corrected chi connectivity index (χ0v) is 20.0. The molecule has 2 atom stereocenters. The summed E-state index contributed by atoms with van der Waals surface area (Å²) in [7, 11) is 3.23. The van der Waals surface area contributed by atoms with E-state index in [2.05, 4.69) is 25.2 Å². The number of nitrogens with one attached hydrogen (secondary N) is 1. The molecule has 1 heterocycles. The van der Waals surface area contributed by atoms with E-state index in [1.54, 1.807) is 14.2 Å². The number of nitrogens with zero attached hydrogens (tertiary/aromatic N) is 1. The maximum atomic E-state index is 10.2. The number of rotatable bonds is 10. The predicted molar refractivity (Wildman–Crippen MR) is 127 cm³/mol. The molecule has 0 saturated heterocycles. The average molecular weight is 461 g/mol. The van der Waals surface area contributed by atoms with Crippen LogP contribution in [0.4, 0.5) is 0 Å². The van der Waals surface area contributed by atoms with E-state index < -0.39 is 5.41 Å². The SMILES string of the molecule is COc1ccc(C(C#N)(CCCNCC2COc3ccccc3O2)C(C)C)cc1OC.Cl. The molecule has 32 heavy (non-hydrogen) atoms. The molecule has 174 valence electrons. The van der Waals surface area contributed by atoms with Gasteiger partial charge in [-0.1, -0.05) is 32.0 Å². The number of halogens is 1. The Morgan fingerprint density at radius 1 is 1.12 bits per heavy atom. The second-order valence-electron chi connectivity index (χ2n) is 8.11. The first-order chi connectivity index (χ1) is 15.0. The van der Waals surface area contributed by atoms with E-state index in [4.69, 9.17) is 18.9 Å². The van der Waals surface area contributed by atoms with Gasteiger partial charge in [-0.15, -0.1) is 12.4 Å². The van der Waals surface area contributed by atoms with Crippen molar-refractivity contribution in [3.8, 4) is 29.1 Å². The van der Waals surface area contributed by atoms with Crippen molar-refractivity contribution in [2.45, 2.75) is 38.2 Å². The third-order valence-corrected chi connectivity index (χ3v) is 5.95. The number of benzene rings is 2. The second kappa shape index (κ2) is 11.8. The van der Waals surface area contributed by atoms with Gasteiger partial charge in [-0.3, -0.25) is 0 Å². The van der Waals surface area contributed by atoms with Crippen LogP contribution >= 0.6 is 12.4 Å². The minimum atomic E-state index is -0.593. The smallest absolute Gasteiger partial charge is 0.161 e. The number of hydrogen-bond donors (Lipinski definition) is 1. The Hall–Kier alpha value is -2.62. The van der Waals surface area contributed by atoms with Crippen LogP contribution in [0.5, 0.6) is 23.0 Å². The molecule has 0 spiro atoms. The van der Waals surface area contributed by atoms with Crippen LogP contribution in [0.15, 0.2) is 42.5 Å². The van der Waals surface area contributed by atoms with Crippen molar-refractivity contribution in [2.24, 2.45) is 5.92 Å². The van der Waals surface area contributed by atoms with Gasteiger partial charge in [0.25, 0.3) is 0 Å². The van der Waals surface area contributed by atoms with Gasteiger partial charge in [0.05, 0.1) is 25.7 Å². The van der Waals surface area contributed by atoms with Gasteiger partial charge in [0.2, 0.25) is 0 Å². The molecule has 7 heteroatoms. The highest BCUT2D eigenvalue weighted by Gasteiger charge is 2.36. The maximum absolute atomic E-state index is 10.2. The van der Waals surface area contributed by atoms with E-state index in [9.17, 15) is 5.26 Å². The number of ether oxygens (including phenoxy) is 4. The Labute approximate surface area is 197 Å². The molecule has 6 nitrogen and oxygen atoms in total. The van der Waals surface area contributed by atoms with Crippen molar-refractivity contribution in [2.75, 3.05) is 33.9 Å². The fraction of sp³-hybridized carbons (Fsp3) is 0.480. The van der Waals surface area contributed by atoms with Crippen LogP contribution in [0.1, 0.15) is 32.3 Å². The Morgan fingerprint density at radius 2 is 1.84 bits per heavy atom. The highest BCUT2D eigenvalue weighted by Crippen LogP contribution is 2.40. The fourth-order valence-corrected chi connectivity index (χ4v) is 4.05. The topological polar surface area (TPSA) is 72.7 Å². The van der Waals surface area contributed by atoms with Crippen LogP contribution in [0.25, 0.3) is 0 Å². The molecule has 1 aliphatic rings. The van der Waals surface area contributed by atoms with Crippen LogP contribution in [0.3, 0.4) is 0 Å². The zero-order valence-electron chi connectivity index (χ0n) is 19.2. The summed E-state index contributed by atoms with van der Waals surface area (Å²) >= 11 is 0. The predicted octanol–water partition coefficient (Wildman–Crippen LogP) is 4.75. The van der Waals surface area contributed by atoms with E-state index in [0.717, 1.165) is 36.4 Å². The molecular weight excluding hydrogens is 428 g/mol. The van der Waals surface area contributed by atoms with Crippen molar-refractivity contribution < 1.29 is 18.9 Å². The van der Waals surface area contributed by atoms with Gasteiger partial charge in [0, 0.05) is 6.54 Å². The van der Waals surface area contributed by atoms with Crippen molar-refractivity contribution in [3.05, 3.63) is 48.0 Å². The quantitative estimate of drug-likeness (QED) is 0.515. The first kappa shape index (κ1) is 25.6. The van der Waals surface area contributed by atoms with Crippen LogP contribution in [0.2, 0.25) is 0 Å². The number of para-hydroxylation sites is 2. The summed E-state index contributed by atoms with van der Waals surface area (Å²) < 4.78 is 22.6. The van der Waals surface area contributed by atoms with Gasteiger partial charge in [-0.25, -0.2) is 0 Å². The lowest BCUT2D eigenvalue weighted by Gasteiger charge is -2.32. The first-order valence-corrected chi connectivity index (χ1v) is 10.8. The maximum Gasteiger partial charge on any atom is 0.161 e. The molecule has 3 rings (SSSR count). The first-order valence-electron chi connectivity index (χ1n) is 10.8. The summed E-state index contributed by atoms with van der Waals surface area (Å²) in [5, 5.41) is 13.6. The summed E-state index contributed by atoms with van der Waals surface area (Å²) in [6.07, 6.45) is 1.59. The zero-order chi connectivity index (χ0) is 22.3. The molecule has 1 aliphatic heterocycles. The molecule has 0 amide bonds. The average Bonchev–Trinajstić information content (AvgIpc) is 2.80. The number of hydrogen-bond acceptors (Lipinski definition) is 6. The lowest BCUT2D eigenvalue weighted by atomic mass is 9.70. The summed E-state index contributed by atoms with van der Waals surface area (Å²) in [6.45, 7) is 6.22. The lowest BCUT2D eigenvalue weighted by molar-refractivity contribution is 0.0904. The lowest BCUT2D eigenvalue weighted by Crippen LogP contribution is -2.39. The Balaban J connectivity index is 0.00000363. The fourth-order valence-electron chi connectivity index (χ4n) is 4.05. The van der Waals surface area contributed by atoms with Gasteiger partial charge in [0.1, 0.15) is 12.7 Å². The molecule has 0 saturated carbocycles. The third-order valence-electron chi connectivity index (χ3n) is 5.95. The van der Waals surface area contributed by atoms with E-state index in [1.165, 1.54) is 0 Å². The molecule has 0 fully saturated rings. The molecule has 1 N–H and O–H groups in total. The standard InChI is InChI=1S/C25H32N2O4.ClH/c1-18(2)25(17-26,19-10-11-21(28-3)24(14-19)29-4)12-7-13-27-15-20-16-30-22-8-5-6-9-23(22)31-20;/h5-6,8-11,14,18,20,27H,7,12-13,15-16H2,1-4H3;1H. The van der Waals surface area contributed by atoms with Crippen LogP contribution in [-0.2, 0) is 5.41 Å². The van der Waals surface area contributed by atoms with Crippen LogP contribution in [0, 0.1) is 17.2 Å². The summed E-state index contributed by atoms with van der Waals surface area (Å²) in [6, 6.07) is 16.1. The van der Waals surface area contributed by atoms with Gasteiger partial charge in [0.15, 0.2) is 23.0 Å². The second-order valence-corrected chi connectivity index (χ2v) is 8.11. The van der Waals surface area contributed by atoms with Gasteiger partial charge in [-0.2, -0.15) is 5.26 Å². The minimum Gasteiger partial charge on any atom is -0.493 e. The molecule has 0 aliphatic carbocycles. The van der Waals surface area contributed by atoms with E-state index in [1.807, 2.05) is 42.5 Å². The third kappa shape index (κ3) is 5.59. The largest absolute Gasteiger partial charge is 0.493 e. The monoisotopic (exact) mass is 460 g/mol. The van der Waals surface area contributed by atoms with Crippen molar-refractivity contribution in [1.82, 2.24) is 5.32 Å². The van der Waals surface area contributed by atoms with Gasteiger partial charge in [-0.05, 0) is 55.1 Å². The van der Waals surface area contributed by atoms with E-state index in [-0.39, 0.29) is 24.4 Å². The Morgan fingerprint density at radius 3 is 2.50 bits per heavy atom. The highest BCUT2D eigenvalue weighted by atomic mass is 35.5. The number of fused-ring (bicyclic) bond motifs is 1. The summed E-state index contributed by atoms with van der Waals surface area (Å²) in [5.41, 5.74) is 0.369. The Bertz CT molecular complexity index is 915. The van der Waals surface area contributed by atoms with Crippen LogP contribution in [-0.4, -0.2) is 40.0 Å². The van der Waals surface area contributed by atoms with Crippen molar-refractivity contribution in [3.63, 3.8) is 0 Å². The van der Waals surface area contributed by atoms with Crippen molar-refractivity contribution in [1.29, 1.82) is 5.26 Å². The van der Waals surface area contributed by atoms with Crippen LogP contribution < -0.4 is 24.3 Å². The molecule has 2 unspecified atom stereocenters. The number of nitriles is 1. The minimum absolute atomic E-state index is 0. The summed E-state index contributed by atoms with van der Waals surface area (Å²) in [5.74, 6) is 3.05.